The fraction of sp³-hybridized carbons (Fsp3) is 0.417. The van der Waals surface area contributed by atoms with Crippen LogP contribution in [0.2, 0.25) is 0 Å². The smallest absolute Gasteiger partial charge is 0.156 e. The van der Waals surface area contributed by atoms with Gasteiger partial charge in [0.1, 0.15) is 5.75 Å². The van der Waals surface area contributed by atoms with Gasteiger partial charge in [0.2, 0.25) is 0 Å². The van der Waals surface area contributed by atoms with E-state index in [1.165, 1.54) is 0 Å². The number of hydrogen-bond donors (Lipinski definition) is 2. The van der Waals surface area contributed by atoms with Crippen molar-refractivity contribution in [1.29, 1.82) is 0 Å². The topological polar surface area (TPSA) is 71.1 Å². The molecule has 0 fully saturated rings. The van der Waals surface area contributed by atoms with Crippen molar-refractivity contribution in [1.82, 2.24) is 4.90 Å². The number of rotatable bonds is 5. The number of benzene rings is 1. The van der Waals surface area contributed by atoms with Gasteiger partial charge >= 0.3 is 0 Å². The lowest BCUT2D eigenvalue weighted by atomic mass is 10.2. The highest BCUT2D eigenvalue weighted by Crippen LogP contribution is 2.26. The first-order valence-corrected chi connectivity index (χ1v) is 6.29. The second kappa shape index (κ2) is 6.61. The fourth-order valence-corrected chi connectivity index (χ4v) is 2.13. The quantitative estimate of drug-likeness (QED) is 0.377. The van der Waals surface area contributed by atoms with Crippen molar-refractivity contribution in [3.05, 3.63) is 28.2 Å². The Hall–Kier alpha value is -1.27. The van der Waals surface area contributed by atoms with Gasteiger partial charge in [-0.1, -0.05) is 11.2 Å². The second-order valence-electron chi connectivity index (χ2n) is 4.08. The van der Waals surface area contributed by atoms with Gasteiger partial charge in [-0.05, 0) is 47.6 Å². The third kappa shape index (κ3) is 3.61. The summed E-state index contributed by atoms with van der Waals surface area (Å²) < 4.78 is 6.08. The Bertz CT molecular complexity index is 437. The molecule has 1 unspecified atom stereocenters. The van der Waals surface area contributed by atoms with Crippen LogP contribution < -0.4 is 10.5 Å². The molecule has 5 nitrogen and oxygen atoms in total. The van der Waals surface area contributed by atoms with Gasteiger partial charge in [-0.3, -0.25) is 4.90 Å². The molecule has 0 aliphatic rings. The standard InChI is InChI=1S/C12H18BrN3O2/c1-8(12(14)15-17)16(2)7-9-4-5-11(18-3)10(13)6-9/h4-6,8,17H,7H2,1-3H3,(H2,14,15). The highest BCUT2D eigenvalue weighted by Gasteiger charge is 2.14. The van der Waals surface area contributed by atoms with E-state index in [0.717, 1.165) is 15.8 Å². The molecule has 1 aromatic carbocycles. The minimum atomic E-state index is -0.129. The number of amidine groups is 1. The van der Waals surface area contributed by atoms with Crippen LogP contribution in [-0.4, -0.2) is 36.1 Å². The van der Waals surface area contributed by atoms with Gasteiger partial charge in [0.15, 0.2) is 5.84 Å². The maximum Gasteiger partial charge on any atom is 0.156 e. The van der Waals surface area contributed by atoms with E-state index in [9.17, 15) is 0 Å². The molecule has 1 aromatic rings. The van der Waals surface area contributed by atoms with E-state index >= 15 is 0 Å². The van der Waals surface area contributed by atoms with Gasteiger partial charge in [-0.15, -0.1) is 0 Å². The summed E-state index contributed by atoms with van der Waals surface area (Å²) in [5, 5.41) is 11.7. The van der Waals surface area contributed by atoms with E-state index in [1.54, 1.807) is 7.11 Å². The van der Waals surface area contributed by atoms with Gasteiger partial charge in [-0.2, -0.15) is 0 Å². The molecule has 0 saturated heterocycles. The second-order valence-corrected chi connectivity index (χ2v) is 4.94. The molecule has 1 rings (SSSR count). The molecule has 0 saturated carbocycles. The Balaban J connectivity index is 2.76. The maximum atomic E-state index is 8.64. The van der Waals surface area contributed by atoms with Crippen molar-refractivity contribution in [2.75, 3.05) is 14.2 Å². The molecule has 0 radical (unpaired) electrons. The summed E-state index contributed by atoms with van der Waals surface area (Å²) >= 11 is 3.44. The average molecular weight is 316 g/mol. The number of halogens is 1. The summed E-state index contributed by atoms with van der Waals surface area (Å²) in [6, 6.07) is 5.75. The molecule has 0 aliphatic heterocycles. The van der Waals surface area contributed by atoms with Crippen molar-refractivity contribution >= 4 is 21.8 Å². The zero-order valence-electron chi connectivity index (χ0n) is 10.7. The minimum absolute atomic E-state index is 0.129. The Labute approximate surface area is 115 Å². The first-order valence-electron chi connectivity index (χ1n) is 5.49. The van der Waals surface area contributed by atoms with Crippen molar-refractivity contribution in [2.45, 2.75) is 19.5 Å². The normalized spacial score (nSPS) is 13.7. The number of hydrogen-bond acceptors (Lipinski definition) is 4. The number of ether oxygens (including phenoxy) is 1. The molecular weight excluding hydrogens is 298 g/mol. The summed E-state index contributed by atoms with van der Waals surface area (Å²) in [5.41, 5.74) is 6.69. The van der Waals surface area contributed by atoms with Crippen LogP contribution in [0.4, 0.5) is 0 Å². The van der Waals surface area contributed by atoms with Crippen LogP contribution in [-0.2, 0) is 6.54 Å². The minimum Gasteiger partial charge on any atom is -0.496 e. The lowest BCUT2D eigenvalue weighted by Gasteiger charge is -2.23. The summed E-state index contributed by atoms with van der Waals surface area (Å²) in [7, 11) is 3.55. The third-order valence-electron chi connectivity index (χ3n) is 2.85. The Morgan fingerprint density at radius 3 is 2.78 bits per heavy atom. The van der Waals surface area contributed by atoms with Gasteiger partial charge in [0, 0.05) is 6.54 Å². The highest BCUT2D eigenvalue weighted by molar-refractivity contribution is 9.10. The highest BCUT2D eigenvalue weighted by atomic mass is 79.9. The van der Waals surface area contributed by atoms with E-state index in [1.807, 2.05) is 37.1 Å². The zero-order valence-corrected chi connectivity index (χ0v) is 12.3. The molecule has 0 aromatic heterocycles. The molecule has 0 amide bonds. The molecule has 0 heterocycles. The van der Waals surface area contributed by atoms with Crippen LogP contribution in [0.3, 0.4) is 0 Å². The summed E-state index contributed by atoms with van der Waals surface area (Å²) in [5.74, 6) is 0.996. The third-order valence-corrected chi connectivity index (χ3v) is 3.47. The van der Waals surface area contributed by atoms with Crippen molar-refractivity contribution in [2.24, 2.45) is 10.9 Å². The van der Waals surface area contributed by atoms with Crippen molar-refractivity contribution in [3.63, 3.8) is 0 Å². The summed E-state index contributed by atoms with van der Waals surface area (Å²) in [6.45, 7) is 2.58. The van der Waals surface area contributed by atoms with E-state index in [-0.39, 0.29) is 11.9 Å². The molecular formula is C12H18BrN3O2. The molecule has 18 heavy (non-hydrogen) atoms. The largest absolute Gasteiger partial charge is 0.496 e. The predicted molar refractivity (Wildman–Crippen MR) is 75.0 cm³/mol. The zero-order chi connectivity index (χ0) is 13.7. The first-order chi connectivity index (χ1) is 8.49. The van der Waals surface area contributed by atoms with Crippen LogP contribution in [0, 0.1) is 0 Å². The van der Waals surface area contributed by atoms with Crippen molar-refractivity contribution in [3.8, 4) is 5.75 Å². The molecule has 100 valence electrons. The van der Waals surface area contributed by atoms with Gasteiger partial charge in [0.05, 0.1) is 17.6 Å². The molecule has 6 heteroatoms. The Morgan fingerprint density at radius 1 is 1.61 bits per heavy atom. The van der Waals surface area contributed by atoms with E-state index < -0.39 is 0 Å². The lowest BCUT2D eigenvalue weighted by Crippen LogP contribution is -2.40. The predicted octanol–water partition coefficient (Wildman–Crippen LogP) is 2.02. The van der Waals surface area contributed by atoms with E-state index in [2.05, 4.69) is 21.1 Å². The molecule has 0 bridgehead atoms. The fourth-order valence-electron chi connectivity index (χ4n) is 1.54. The van der Waals surface area contributed by atoms with Crippen LogP contribution >= 0.6 is 15.9 Å². The number of oxime groups is 1. The number of nitrogens with zero attached hydrogens (tertiary/aromatic N) is 2. The van der Waals surface area contributed by atoms with Gasteiger partial charge in [-0.25, -0.2) is 0 Å². The Kier molecular flexibility index (Phi) is 5.43. The number of methoxy groups -OCH3 is 1. The van der Waals surface area contributed by atoms with Gasteiger partial charge in [0.25, 0.3) is 0 Å². The van der Waals surface area contributed by atoms with Crippen LogP contribution in [0.5, 0.6) is 5.75 Å². The number of likely N-dealkylation sites (N-methyl/N-ethyl adjacent to an activating group) is 1. The monoisotopic (exact) mass is 315 g/mol. The van der Waals surface area contributed by atoms with Crippen LogP contribution in [0.1, 0.15) is 12.5 Å². The van der Waals surface area contributed by atoms with E-state index in [0.29, 0.717) is 6.54 Å². The van der Waals surface area contributed by atoms with Crippen LogP contribution in [0.15, 0.2) is 27.8 Å². The lowest BCUT2D eigenvalue weighted by molar-refractivity contribution is 0.279. The molecule has 0 spiro atoms. The molecule has 1 atom stereocenters. The Morgan fingerprint density at radius 2 is 2.28 bits per heavy atom. The number of nitrogens with two attached hydrogens (primary N) is 1. The average Bonchev–Trinajstić information content (AvgIpc) is 2.37. The first kappa shape index (κ1) is 14.8. The summed E-state index contributed by atoms with van der Waals surface area (Å²) in [4.78, 5) is 1.99. The SMILES string of the molecule is COc1ccc(CN(C)C(C)C(N)=NO)cc1Br. The molecule has 0 aliphatic carbocycles. The van der Waals surface area contributed by atoms with Crippen molar-refractivity contribution < 1.29 is 9.94 Å². The van der Waals surface area contributed by atoms with Crippen LogP contribution in [0.25, 0.3) is 0 Å². The van der Waals surface area contributed by atoms with Gasteiger partial charge < -0.3 is 15.7 Å². The summed E-state index contributed by atoms with van der Waals surface area (Å²) in [6.07, 6.45) is 0. The van der Waals surface area contributed by atoms with E-state index in [4.69, 9.17) is 15.7 Å². The maximum absolute atomic E-state index is 8.64. The molecule has 3 N–H and O–H groups in total.